The number of unbranched alkanes of at least 4 members (excludes halogenated alkanes) is 13. The SMILES string of the molecule is CCCCC/C=C\C/C=C\CCCCCCCCCC(=O)OC[C@H](COP(=O)([O-])OCC[N+](C)(C)C)OC(=O)CCC/C=C\C/C=C\C/C=C\C=C\[C@@H](O)CCCCC. The van der Waals surface area contributed by atoms with Gasteiger partial charge in [-0.1, -0.05) is 151 Å². The summed E-state index contributed by atoms with van der Waals surface area (Å²) in [7, 11) is 1.09. The molecule has 1 unspecified atom stereocenters. The average Bonchev–Trinajstić information content (AvgIpc) is 3.18. The second-order valence-corrected chi connectivity index (χ2v) is 17.7. The molecule has 1 N–H and O–H groups in total. The molecule has 0 amide bonds. The van der Waals surface area contributed by atoms with E-state index in [-0.39, 0.29) is 32.2 Å². The van der Waals surface area contributed by atoms with Crippen molar-refractivity contribution in [3.8, 4) is 0 Å². The lowest BCUT2D eigenvalue weighted by atomic mass is 10.1. The first-order chi connectivity index (χ1) is 28.4. The maximum absolute atomic E-state index is 12.7. The van der Waals surface area contributed by atoms with Crippen LogP contribution in [0.25, 0.3) is 0 Å². The summed E-state index contributed by atoms with van der Waals surface area (Å²) < 4.78 is 33.8. The lowest BCUT2D eigenvalue weighted by Crippen LogP contribution is -2.37. The number of carbonyl (C=O) groups is 2. The lowest BCUT2D eigenvalue weighted by molar-refractivity contribution is -0.870. The molecule has 0 fully saturated rings. The van der Waals surface area contributed by atoms with E-state index in [1.54, 1.807) is 0 Å². The number of carbonyl (C=O) groups excluding carboxylic acids is 2. The molecule has 0 heterocycles. The minimum absolute atomic E-state index is 0.0541. The molecule has 0 aromatic carbocycles. The molecule has 59 heavy (non-hydrogen) atoms. The molecule has 3 atom stereocenters. The molecule has 0 aliphatic heterocycles. The topological polar surface area (TPSA) is 131 Å². The highest BCUT2D eigenvalue weighted by Crippen LogP contribution is 2.38. The van der Waals surface area contributed by atoms with Gasteiger partial charge < -0.3 is 33.0 Å². The predicted molar refractivity (Wildman–Crippen MR) is 242 cm³/mol. The predicted octanol–water partition coefficient (Wildman–Crippen LogP) is 11.4. The number of esters is 2. The number of aliphatic hydroxyl groups excluding tert-OH is 1. The minimum atomic E-state index is -4.66. The highest BCUT2D eigenvalue weighted by Gasteiger charge is 2.21. The number of rotatable bonds is 40. The first-order valence-corrected chi connectivity index (χ1v) is 24.2. The molecule has 0 aromatic heterocycles. The van der Waals surface area contributed by atoms with Gasteiger partial charge in [-0.25, -0.2) is 0 Å². The van der Waals surface area contributed by atoms with Crippen molar-refractivity contribution in [2.45, 2.75) is 174 Å². The second kappa shape index (κ2) is 39.5. The van der Waals surface area contributed by atoms with Crippen LogP contribution in [-0.4, -0.2) is 81.2 Å². The van der Waals surface area contributed by atoms with Crippen molar-refractivity contribution in [1.29, 1.82) is 0 Å². The number of allylic oxidation sites excluding steroid dienone is 11. The fourth-order valence-corrected chi connectivity index (χ4v) is 6.40. The number of phosphoric ester groups is 1. The Labute approximate surface area is 360 Å². The molecule has 0 aliphatic carbocycles. The number of phosphoric acid groups is 1. The number of ether oxygens (including phenoxy) is 2. The zero-order valence-electron chi connectivity index (χ0n) is 37.8. The van der Waals surface area contributed by atoms with Crippen molar-refractivity contribution in [3.63, 3.8) is 0 Å². The zero-order valence-corrected chi connectivity index (χ0v) is 38.7. The van der Waals surface area contributed by atoms with Crippen LogP contribution in [0.15, 0.2) is 72.9 Å². The summed E-state index contributed by atoms with van der Waals surface area (Å²) in [5.41, 5.74) is 0. The zero-order chi connectivity index (χ0) is 43.7. The van der Waals surface area contributed by atoms with Crippen molar-refractivity contribution in [2.24, 2.45) is 0 Å². The Morgan fingerprint density at radius 1 is 0.627 bits per heavy atom. The third-order valence-corrected chi connectivity index (χ3v) is 10.3. The van der Waals surface area contributed by atoms with E-state index in [0.29, 0.717) is 30.3 Å². The molecule has 10 nitrogen and oxygen atoms in total. The molecule has 11 heteroatoms. The molecule has 0 bridgehead atoms. The monoisotopic (exact) mass is 850 g/mol. The minimum Gasteiger partial charge on any atom is -0.756 e. The van der Waals surface area contributed by atoms with E-state index < -0.39 is 32.5 Å². The average molecular weight is 850 g/mol. The molecular formula is C48H84NO9P. The van der Waals surface area contributed by atoms with Gasteiger partial charge in [0, 0.05) is 12.8 Å². The Morgan fingerprint density at radius 3 is 1.78 bits per heavy atom. The number of likely N-dealkylation sites (N-methyl/N-ethyl adjacent to an activating group) is 1. The van der Waals surface area contributed by atoms with E-state index in [9.17, 15) is 24.2 Å². The van der Waals surface area contributed by atoms with Gasteiger partial charge in [0.1, 0.15) is 19.8 Å². The van der Waals surface area contributed by atoms with Crippen molar-refractivity contribution in [2.75, 3.05) is 47.5 Å². The normalized spacial score (nSPS) is 14.8. The Morgan fingerprint density at radius 2 is 1.15 bits per heavy atom. The van der Waals surface area contributed by atoms with E-state index >= 15 is 0 Å². The quantitative estimate of drug-likeness (QED) is 0.0160. The summed E-state index contributed by atoms with van der Waals surface area (Å²) in [5.74, 6) is -0.941. The van der Waals surface area contributed by atoms with Crippen LogP contribution >= 0.6 is 7.82 Å². The third-order valence-electron chi connectivity index (χ3n) is 9.30. The van der Waals surface area contributed by atoms with Crippen LogP contribution in [0.3, 0.4) is 0 Å². The maximum atomic E-state index is 12.7. The molecule has 0 aromatic rings. The van der Waals surface area contributed by atoms with Gasteiger partial charge in [-0.2, -0.15) is 0 Å². The van der Waals surface area contributed by atoms with Gasteiger partial charge >= 0.3 is 11.9 Å². The van der Waals surface area contributed by atoms with Gasteiger partial charge in [-0.05, 0) is 70.6 Å². The van der Waals surface area contributed by atoms with Gasteiger partial charge in [0.25, 0.3) is 7.82 Å². The number of hydrogen-bond acceptors (Lipinski definition) is 9. The molecule has 0 saturated carbocycles. The molecule has 0 radical (unpaired) electrons. The largest absolute Gasteiger partial charge is 0.756 e. The Kier molecular flexibility index (Phi) is 37.8. The van der Waals surface area contributed by atoms with E-state index in [1.165, 1.54) is 44.9 Å². The number of aliphatic hydroxyl groups is 1. The molecule has 340 valence electrons. The highest BCUT2D eigenvalue weighted by molar-refractivity contribution is 7.45. The van der Waals surface area contributed by atoms with E-state index in [0.717, 1.165) is 70.6 Å². The van der Waals surface area contributed by atoms with Crippen molar-refractivity contribution < 1.29 is 47.2 Å². The van der Waals surface area contributed by atoms with Crippen molar-refractivity contribution >= 4 is 19.8 Å². The first-order valence-electron chi connectivity index (χ1n) is 22.8. The Hall–Kier alpha value is -2.59. The van der Waals surface area contributed by atoms with E-state index in [2.05, 4.69) is 50.3 Å². The number of hydrogen-bond donors (Lipinski definition) is 1. The van der Waals surface area contributed by atoms with Crippen LogP contribution in [0.1, 0.15) is 162 Å². The van der Waals surface area contributed by atoms with Gasteiger partial charge in [-0.15, -0.1) is 0 Å². The summed E-state index contributed by atoms with van der Waals surface area (Å²) in [4.78, 5) is 37.5. The number of nitrogens with zero attached hydrogens (tertiary/aromatic N) is 1. The summed E-state index contributed by atoms with van der Waals surface area (Å²) in [6.07, 6.45) is 45.4. The standard InChI is InChI=1S/C48H84NO9P/c1-6-8-10-11-12-13-14-15-16-17-18-19-22-25-28-31-35-39-47(51)55-43-46(44-57-59(53,54)56-42-41-49(3,4)5)58-48(52)40-36-32-29-26-23-20-21-24-27-30-34-38-45(50)37-33-9-7-2/h12-13,15-16,20-21,26-27,29-30,34,38,45-46,50H,6-11,14,17-19,22-25,28,31-33,35-37,39-44H2,1-5H3/b13-12-,16-15-,21-20-,29-26-,30-27-,38-34+/t45-,46+/m0/s1. The molecule has 0 saturated heterocycles. The van der Waals surface area contributed by atoms with Crippen LogP contribution in [0.5, 0.6) is 0 Å². The van der Waals surface area contributed by atoms with Crippen LogP contribution in [0.4, 0.5) is 0 Å². The molecule has 0 aliphatic rings. The van der Waals surface area contributed by atoms with Gasteiger partial charge in [0.2, 0.25) is 0 Å². The summed E-state index contributed by atoms with van der Waals surface area (Å²) in [6.45, 7) is 3.97. The van der Waals surface area contributed by atoms with Gasteiger partial charge in [-0.3, -0.25) is 14.2 Å². The van der Waals surface area contributed by atoms with Crippen molar-refractivity contribution in [1.82, 2.24) is 0 Å². The number of quaternary nitrogens is 1. The second-order valence-electron chi connectivity index (χ2n) is 16.3. The fraction of sp³-hybridized carbons (Fsp3) is 0.708. The van der Waals surface area contributed by atoms with Gasteiger partial charge in [0.15, 0.2) is 6.10 Å². The van der Waals surface area contributed by atoms with E-state index in [1.807, 2.05) is 57.6 Å². The van der Waals surface area contributed by atoms with Crippen LogP contribution in [0.2, 0.25) is 0 Å². The maximum Gasteiger partial charge on any atom is 0.306 e. The van der Waals surface area contributed by atoms with Gasteiger partial charge in [0.05, 0.1) is 33.9 Å². The smallest absolute Gasteiger partial charge is 0.306 e. The fourth-order valence-electron chi connectivity index (χ4n) is 5.67. The lowest BCUT2D eigenvalue weighted by Gasteiger charge is -2.28. The summed E-state index contributed by atoms with van der Waals surface area (Å²) in [5, 5.41) is 9.91. The molecule has 0 rings (SSSR count). The van der Waals surface area contributed by atoms with Crippen LogP contribution in [-0.2, 0) is 32.7 Å². The summed E-state index contributed by atoms with van der Waals surface area (Å²) >= 11 is 0. The van der Waals surface area contributed by atoms with E-state index in [4.69, 9.17) is 18.5 Å². The Bertz CT molecular complexity index is 1250. The Balaban J connectivity index is 4.50. The van der Waals surface area contributed by atoms with Crippen LogP contribution < -0.4 is 4.89 Å². The highest BCUT2D eigenvalue weighted by atomic mass is 31.2. The molecular weight excluding hydrogens is 765 g/mol. The molecule has 0 spiro atoms. The third kappa shape index (κ3) is 43.3. The van der Waals surface area contributed by atoms with Crippen LogP contribution in [0, 0.1) is 0 Å². The van der Waals surface area contributed by atoms with Crippen molar-refractivity contribution in [3.05, 3.63) is 72.9 Å². The summed E-state index contributed by atoms with van der Waals surface area (Å²) in [6, 6.07) is 0. The first kappa shape index (κ1) is 56.4.